The van der Waals surface area contributed by atoms with Crippen molar-refractivity contribution in [3.63, 3.8) is 0 Å². The third-order valence-corrected chi connectivity index (χ3v) is 4.50. The van der Waals surface area contributed by atoms with Crippen molar-refractivity contribution in [1.82, 2.24) is 5.32 Å². The SMILES string of the molecule is CCC(NC(C)C1CCCC1)c1ccc(Cl)cc1. The van der Waals surface area contributed by atoms with E-state index in [0.717, 1.165) is 17.4 Å². The molecule has 1 saturated carbocycles. The fourth-order valence-corrected chi connectivity index (χ4v) is 3.18. The van der Waals surface area contributed by atoms with Crippen LogP contribution in [0.3, 0.4) is 0 Å². The lowest BCUT2D eigenvalue weighted by molar-refractivity contribution is 0.339. The van der Waals surface area contributed by atoms with Gasteiger partial charge in [-0.2, -0.15) is 0 Å². The lowest BCUT2D eigenvalue weighted by Crippen LogP contribution is -2.35. The van der Waals surface area contributed by atoms with Gasteiger partial charge in [-0.3, -0.25) is 0 Å². The number of hydrogen-bond donors (Lipinski definition) is 1. The summed E-state index contributed by atoms with van der Waals surface area (Å²) in [7, 11) is 0. The molecule has 18 heavy (non-hydrogen) atoms. The Labute approximate surface area is 116 Å². The molecule has 2 atom stereocenters. The van der Waals surface area contributed by atoms with E-state index in [-0.39, 0.29) is 0 Å². The molecule has 100 valence electrons. The van der Waals surface area contributed by atoms with Crippen LogP contribution in [-0.2, 0) is 0 Å². The normalized spacial score (nSPS) is 19.9. The molecule has 0 aromatic heterocycles. The first-order chi connectivity index (χ1) is 8.70. The van der Waals surface area contributed by atoms with Gasteiger partial charge in [0.15, 0.2) is 0 Å². The van der Waals surface area contributed by atoms with Gasteiger partial charge in [-0.05, 0) is 49.8 Å². The van der Waals surface area contributed by atoms with Crippen LogP contribution in [0.1, 0.15) is 57.6 Å². The van der Waals surface area contributed by atoms with E-state index in [1.165, 1.54) is 31.2 Å². The van der Waals surface area contributed by atoms with Crippen LogP contribution in [0.15, 0.2) is 24.3 Å². The minimum atomic E-state index is 0.456. The molecule has 0 saturated heterocycles. The van der Waals surface area contributed by atoms with Crippen LogP contribution >= 0.6 is 11.6 Å². The molecule has 0 heterocycles. The topological polar surface area (TPSA) is 12.0 Å². The number of hydrogen-bond acceptors (Lipinski definition) is 1. The van der Waals surface area contributed by atoms with Gasteiger partial charge < -0.3 is 5.32 Å². The van der Waals surface area contributed by atoms with E-state index in [1.54, 1.807) is 0 Å². The van der Waals surface area contributed by atoms with Gasteiger partial charge in [0, 0.05) is 17.1 Å². The standard InChI is InChI=1S/C16H24ClN/c1-3-16(14-8-10-15(17)11-9-14)18-12(2)13-6-4-5-7-13/h8-13,16,18H,3-7H2,1-2H3. The highest BCUT2D eigenvalue weighted by atomic mass is 35.5. The molecule has 0 aliphatic heterocycles. The zero-order valence-electron chi connectivity index (χ0n) is 11.5. The lowest BCUT2D eigenvalue weighted by Gasteiger charge is -2.27. The highest BCUT2D eigenvalue weighted by Crippen LogP contribution is 2.29. The number of nitrogens with one attached hydrogen (secondary N) is 1. The van der Waals surface area contributed by atoms with E-state index in [4.69, 9.17) is 11.6 Å². The van der Waals surface area contributed by atoms with Crippen molar-refractivity contribution in [2.45, 2.75) is 58.0 Å². The molecule has 1 aliphatic carbocycles. The number of rotatable bonds is 5. The van der Waals surface area contributed by atoms with Crippen molar-refractivity contribution in [3.8, 4) is 0 Å². The molecule has 1 N–H and O–H groups in total. The maximum Gasteiger partial charge on any atom is 0.0406 e. The van der Waals surface area contributed by atoms with Gasteiger partial charge in [-0.25, -0.2) is 0 Å². The molecule has 0 bridgehead atoms. The van der Waals surface area contributed by atoms with Crippen molar-refractivity contribution < 1.29 is 0 Å². The molecule has 0 amide bonds. The second kappa shape index (κ2) is 6.58. The first-order valence-corrected chi connectivity index (χ1v) is 7.60. The van der Waals surface area contributed by atoms with Crippen LogP contribution < -0.4 is 5.32 Å². The van der Waals surface area contributed by atoms with Gasteiger partial charge in [-0.1, -0.05) is 43.5 Å². The van der Waals surface area contributed by atoms with Gasteiger partial charge in [0.2, 0.25) is 0 Å². The Kier molecular flexibility index (Phi) is 5.08. The van der Waals surface area contributed by atoms with Crippen LogP contribution in [0.25, 0.3) is 0 Å². The summed E-state index contributed by atoms with van der Waals surface area (Å²) in [6.07, 6.45) is 6.73. The molecule has 1 aliphatic rings. The number of halogens is 1. The summed E-state index contributed by atoms with van der Waals surface area (Å²) < 4.78 is 0. The average molecular weight is 266 g/mol. The third-order valence-electron chi connectivity index (χ3n) is 4.25. The molecule has 1 fully saturated rings. The maximum absolute atomic E-state index is 5.95. The Bertz CT molecular complexity index is 354. The summed E-state index contributed by atoms with van der Waals surface area (Å²) in [6.45, 7) is 4.59. The third kappa shape index (κ3) is 3.49. The van der Waals surface area contributed by atoms with Crippen LogP contribution in [-0.4, -0.2) is 6.04 Å². The van der Waals surface area contributed by atoms with Crippen molar-refractivity contribution >= 4 is 11.6 Å². The van der Waals surface area contributed by atoms with Gasteiger partial charge in [0.25, 0.3) is 0 Å². The van der Waals surface area contributed by atoms with Crippen molar-refractivity contribution in [1.29, 1.82) is 0 Å². The van der Waals surface area contributed by atoms with Gasteiger partial charge in [0.1, 0.15) is 0 Å². The Morgan fingerprint density at radius 3 is 2.39 bits per heavy atom. The summed E-state index contributed by atoms with van der Waals surface area (Å²) >= 11 is 5.95. The van der Waals surface area contributed by atoms with Crippen molar-refractivity contribution in [2.24, 2.45) is 5.92 Å². The lowest BCUT2D eigenvalue weighted by atomic mass is 9.96. The molecule has 1 nitrogen and oxygen atoms in total. The second-order valence-corrected chi connectivity index (χ2v) is 5.95. The molecule has 2 rings (SSSR count). The highest BCUT2D eigenvalue weighted by molar-refractivity contribution is 6.30. The Morgan fingerprint density at radius 1 is 1.22 bits per heavy atom. The van der Waals surface area contributed by atoms with Crippen molar-refractivity contribution in [2.75, 3.05) is 0 Å². The summed E-state index contributed by atoms with van der Waals surface area (Å²) in [5.74, 6) is 0.867. The van der Waals surface area contributed by atoms with E-state index in [2.05, 4.69) is 31.3 Å². The second-order valence-electron chi connectivity index (χ2n) is 5.51. The molecule has 1 aromatic carbocycles. The predicted octanol–water partition coefficient (Wildman–Crippen LogP) is 4.96. The molecular weight excluding hydrogens is 242 g/mol. The quantitative estimate of drug-likeness (QED) is 0.793. The molecular formula is C16H24ClN. The zero-order valence-corrected chi connectivity index (χ0v) is 12.2. The van der Waals surface area contributed by atoms with E-state index in [9.17, 15) is 0 Å². The summed E-state index contributed by atoms with van der Waals surface area (Å²) in [5, 5.41) is 4.62. The smallest absolute Gasteiger partial charge is 0.0406 e. The van der Waals surface area contributed by atoms with E-state index < -0.39 is 0 Å². The van der Waals surface area contributed by atoms with Crippen molar-refractivity contribution in [3.05, 3.63) is 34.9 Å². The minimum absolute atomic E-state index is 0.456. The first kappa shape index (κ1) is 13.9. The van der Waals surface area contributed by atoms with Crippen LogP contribution in [0.5, 0.6) is 0 Å². The molecule has 1 aromatic rings. The Morgan fingerprint density at radius 2 is 1.83 bits per heavy atom. The molecule has 0 spiro atoms. The fourth-order valence-electron chi connectivity index (χ4n) is 3.06. The van der Waals surface area contributed by atoms with Gasteiger partial charge >= 0.3 is 0 Å². The highest BCUT2D eigenvalue weighted by Gasteiger charge is 2.23. The fraction of sp³-hybridized carbons (Fsp3) is 0.625. The summed E-state index contributed by atoms with van der Waals surface area (Å²) in [6, 6.07) is 9.34. The molecule has 0 radical (unpaired) electrons. The zero-order chi connectivity index (χ0) is 13.0. The number of benzene rings is 1. The maximum atomic E-state index is 5.95. The molecule has 2 unspecified atom stereocenters. The van der Waals surface area contributed by atoms with Gasteiger partial charge in [0.05, 0.1) is 0 Å². The predicted molar refractivity (Wildman–Crippen MR) is 79.0 cm³/mol. The first-order valence-electron chi connectivity index (χ1n) is 7.22. The minimum Gasteiger partial charge on any atom is -0.307 e. The summed E-state index contributed by atoms with van der Waals surface area (Å²) in [4.78, 5) is 0. The van der Waals surface area contributed by atoms with Crippen LogP contribution in [0.2, 0.25) is 5.02 Å². The Hall–Kier alpha value is -0.530. The summed E-state index contributed by atoms with van der Waals surface area (Å²) in [5.41, 5.74) is 1.35. The van der Waals surface area contributed by atoms with Crippen LogP contribution in [0.4, 0.5) is 0 Å². The van der Waals surface area contributed by atoms with E-state index in [1.807, 2.05) is 12.1 Å². The van der Waals surface area contributed by atoms with Crippen LogP contribution in [0, 0.1) is 5.92 Å². The largest absolute Gasteiger partial charge is 0.307 e. The van der Waals surface area contributed by atoms with E-state index >= 15 is 0 Å². The van der Waals surface area contributed by atoms with E-state index in [0.29, 0.717) is 12.1 Å². The monoisotopic (exact) mass is 265 g/mol. The molecule has 2 heteroatoms. The Balaban J connectivity index is 1.97. The van der Waals surface area contributed by atoms with Gasteiger partial charge in [-0.15, -0.1) is 0 Å². The average Bonchev–Trinajstić information content (AvgIpc) is 2.91.